The minimum absolute atomic E-state index is 0.0874. The first-order valence-electron chi connectivity index (χ1n) is 7.00. The van der Waals surface area contributed by atoms with Gasteiger partial charge < -0.3 is 15.0 Å². The molecule has 1 heterocycles. The summed E-state index contributed by atoms with van der Waals surface area (Å²) in [6.45, 7) is 2.81. The summed E-state index contributed by atoms with van der Waals surface area (Å²) in [5.74, 6) is 1.41. The molecule has 1 fully saturated rings. The lowest BCUT2D eigenvalue weighted by Crippen LogP contribution is -2.44. The van der Waals surface area contributed by atoms with E-state index >= 15 is 0 Å². The molecule has 0 aliphatic carbocycles. The Hall–Kier alpha value is -0.820. The number of carbonyl (C=O) groups is 1. The lowest BCUT2D eigenvalue weighted by molar-refractivity contribution is -0.135. The first-order chi connectivity index (χ1) is 9.69. The number of nitrogens with one attached hydrogen (secondary N) is 1. The van der Waals surface area contributed by atoms with E-state index in [-0.39, 0.29) is 12.5 Å². The molecule has 110 valence electrons. The number of piperidine rings is 1. The maximum Gasteiger partial charge on any atom is 0.260 e. The summed E-state index contributed by atoms with van der Waals surface area (Å²) < 4.78 is 6.72. The van der Waals surface area contributed by atoms with Crippen LogP contribution < -0.4 is 10.1 Å². The van der Waals surface area contributed by atoms with E-state index in [1.807, 2.05) is 36.2 Å². The molecule has 1 aliphatic heterocycles. The third kappa shape index (κ3) is 4.63. The van der Waals surface area contributed by atoms with E-state index in [2.05, 4.69) is 27.9 Å². The van der Waals surface area contributed by atoms with Crippen LogP contribution in [0.3, 0.4) is 0 Å². The zero-order valence-electron chi connectivity index (χ0n) is 11.8. The zero-order valence-corrected chi connectivity index (χ0v) is 13.9. The van der Waals surface area contributed by atoms with E-state index in [9.17, 15) is 4.79 Å². The van der Waals surface area contributed by atoms with Gasteiger partial charge in [-0.05, 0) is 79.2 Å². The summed E-state index contributed by atoms with van der Waals surface area (Å²) >= 11 is 2.25. The number of nitrogens with zero attached hydrogens (tertiary/aromatic N) is 1. The average molecular weight is 388 g/mol. The second-order valence-electron chi connectivity index (χ2n) is 5.15. The van der Waals surface area contributed by atoms with Crippen molar-refractivity contribution in [1.29, 1.82) is 0 Å². The molecular formula is C15H21IN2O2. The third-order valence-electron chi connectivity index (χ3n) is 3.54. The lowest BCUT2D eigenvalue weighted by Gasteiger charge is -2.32. The van der Waals surface area contributed by atoms with E-state index < -0.39 is 0 Å². The molecule has 0 saturated carbocycles. The van der Waals surface area contributed by atoms with Crippen molar-refractivity contribution in [2.24, 2.45) is 5.92 Å². The molecule has 1 aromatic rings. The van der Waals surface area contributed by atoms with Gasteiger partial charge in [-0.3, -0.25) is 4.79 Å². The fourth-order valence-electron chi connectivity index (χ4n) is 2.51. The molecule has 5 heteroatoms. The Morgan fingerprint density at radius 1 is 1.45 bits per heavy atom. The van der Waals surface area contributed by atoms with Gasteiger partial charge in [0, 0.05) is 16.7 Å². The fraction of sp³-hybridized carbons (Fsp3) is 0.533. The number of rotatable bonds is 5. The molecule has 1 aliphatic rings. The molecule has 1 saturated heterocycles. The minimum atomic E-state index is 0.0874. The van der Waals surface area contributed by atoms with Crippen molar-refractivity contribution in [3.05, 3.63) is 27.8 Å². The number of likely N-dealkylation sites (tertiary alicyclic amines) is 1. The maximum atomic E-state index is 12.2. The number of benzene rings is 1. The van der Waals surface area contributed by atoms with Crippen molar-refractivity contribution in [3.63, 3.8) is 0 Å². The number of halogens is 1. The van der Waals surface area contributed by atoms with Gasteiger partial charge in [0.2, 0.25) is 0 Å². The number of hydrogen-bond donors (Lipinski definition) is 1. The smallest absolute Gasteiger partial charge is 0.260 e. The summed E-state index contributed by atoms with van der Waals surface area (Å²) in [5, 5.41) is 3.19. The Bertz CT molecular complexity index is 434. The van der Waals surface area contributed by atoms with Crippen molar-refractivity contribution in [3.8, 4) is 5.75 Å². The van der Waals surface area contributed by atoms with Gasteiger partial charge in [-0.1, -0.05) is 0 Å². The molecule has 1 aromatic carbocycles. The largest absolute Gasteiger partial charge is 0.484 e. The van der Waals surface area contributed by atoms with Crippen LogP contribution in [-0.4, -0.2) is 44.1 Å². The summed E-state index contributed by atoms with van der Waals surface area (Å²) in [7, 11) is 1.96. The summed E-state index contributed by atoms with van der Waals surface area (Å²) in [5.41, 5.74) is 0. The predicted octanol–water partition coefficient (Wildman–Crippen LogP) is 2.13. The van der Waals surface area contributed by atoms with Crippen LogP contribution in [0, 0.1) is 9.49 Å². The second-order valence-corrected chi connectivity index (χ2v) is 6.39. The van der Waals surface area contributed by atoms with Gasteiger partial charge in [0.1, 0.15) is 5.75 Å². The highest BCUT2D eigenvalue weighted by Crippen LogP contribution is 2.17. The van der Waals surface area contributed by atoms with Crippen LogP contribution >= 0.6 is 22.6 Å². The zero-order chi connectivity index (χ0) is 14.4. The van der Waals surface area contributed by atoms with Gasteiger partial charge in [-0.25, -0.2) is 0 Å². The van der Waals surface area contributed by atoms with Crippen LogP contribution in [0.5, 0.6) is 5.75 Å². The molecule has 0 radical (unpaired) electrons. The van der Waals surface area contributed by atoms with Crippen molar-refractivity contribution in [1.82, 2.24) is 10.2 Å². The van der Waals surface area contributed by atoms with E-state index in [0.717, 1.165) is 35.4 Å². The van der Waals surface area contributed by atoms with Crippen LogP contribution in [-0.2, 0) is 4.79 Å². The monoisotopic (exact) mass is 388 g/mol. The van der Waals surface area contributed by atoms with E-state index in [4.69, 9.17) is 4.74 Å². The number of hydrogen-bond acceptors (Lipinski definition) is 3. The van der Waals surface area contributed by atoms with Gasteiger partial charge in [-0.2, -0.15) is 0 Å². The van der Waals surface area contributed by atoms with Gasteiger partial charge in [-0.15, -0.1) is 0 Å². The normalized spacial score (nSPS) is 18.9. The van der Waals surface area contributed by atoms with E-state index in [1.165, 1.54) is 6.42 Å². The highest BCUT2D eigenvalue weighted by Gasteiger charge is 2.23. The fourth-order valence-corrected chi connectivity index (χ4v) is 2.87. The summed E-state index contributed by atoms with van der Waals surface area (Å²) in [6, 6.07) is 7.75. The number of amides is 1. The average Bonchev–Trinajstić information content (AvgIpc) is 2.47. The van der Waals surface area contributed by atoms with Crippen molar-refractivity contribution < 1.29 is 9.53 Å². The number of ether oxygens (including phenoxy) is 1. The minimum Gasteiger partial charge on any atom is -0.484 e. The molecule has 1 N–H and O–H groups in total. The lowest BCUT2D eigenvalue weighted by atomic mass is 9.98. The van der Waals surface area contributed by atoms with Crippen LogP contribution in [0.1, 0.15) is 12.8 Å². The molecule has 4 nitrogen and oxygen atoms in total. The quantitative estimate of drug-likeness (QED) is 0.786. The molecule has 1 atom stereocenters. The highest BCUT2D eigenvalue weighted by atomic mass is 127. The first-order valence-corrected chi connectivity index (χ1v) is 8.07. The molecular weight excluding hydrogens is 367 g/mol. The standard InChI is InChI=1S/C15H21IN2O2/c1-17-9-12-3-2-8-18(10-12)15(19)11-20-14-6-4-13(16)5-7-14/h4-7,12,17H,2-3,8-11H2,1H3. The molecule has 2 rings (SSSR count). The van der Waals surface area contributed by atoms with Crippen molar-refractivity contribution >= 4 is 28.5 Å². The summed E-state index contributed by atoms with van der Waals surface area (Å²) in [6.07, 6.45) is 2.28. The van der Waals surface area contributed by atoms with Crippen LogP contribution in [0.15, 0.2) is 24.3 Å². The molecule has 0 spiro atoms. The molecule has 1 unspecified atom stereocenters. The first kappa shape index (κ1) is 15.6. The van der Waals surface area contributed by atoms with Crippen molar-refractivity contribution in [2.45, 2.75) is 12.8 Å². The Morgan fingerprint density at radius 3 is 2.90 bits per heavy atom. The van der Waals surface area contributed by atoms with Crippen molar-refractivity contribution in [2.75, 3.05) is 33.3 Å². The Labute approximate surface area is 134 Å². The molecule has 1 amide bonds. The molecule has 0 aromatic heterocycles. The van der Waals surface area contributed by atoms with Gasteiger partial charge in [0.15, 0.2) is 6.61 Å². The predicted molar refractivity (Wildman–Crippen MR) is 87.9 cm³/mol. The second kappa shape index (κ2) is 7.83. The van der Waals surface area contributed by atoms with Crippen LogP contribution in [0.2, 0.25) is 0 Å². The molecule has 20 heavy (non-hydrogen) atoms. The highest BCUT2D eigenvalue weighted by molar-refractivity contribution is 14.1. The Morgan fingerprint density at radius 2 is 2.20 bits per heavy atom. The Kier molecular flexibility index (Phi) is 6.09. The van der Waals surface area contributed by atoms with Crippen LogP contribution in [0.25, 0.3) is 0 Å². The van der Waals surface area contributed by atoms with E-state index in [0.29, 0.717) is 5.92 Å². The Balaban J connectivity index is 1.80. The number of carbonyl (C=O) groups excluding carboxylic acids is 1. The van der Waals surface area contributed by atoms with Gasteiger partial charge >= 0.3 is 0 Å². The van der Waals surface area contributed by atoms with Crippen LogP contribution in [0.4, 0.5) is 0 Å². The van der Waals surface area contributed by atoms with Gasteiger partial charge in [0.25, 0.3) is 5.91 Å². The topological polar surface area (TPSA) is 41.6 Å². The third-order valence-corrected chi connectivity index (χ3v) is 4.26. The molecule has 0 bridgehead atoms. The maximum absolute atomic E-state index is 12.2. The van der Waals surface area contributed by atoms with E-state index in [1.54, 1.807) is 0 Å². The van der Waals surface area contributed by atoms with Gasteiger partial charge in [0.05, 0.1) is 0 Å². The summed E-state index contributed by atoms with van der Waals surface area (Å²) in [4.78, 5) is 14.1. The SMILES string of the molecule is CNCC1CCCN(C(=O)COc2ccc(I)cc2)C1.